The highest BCUT2D eigenvalue weighted by molar-refractivity contribution is 6.28. The van der Waals surface area contributed by atoms with Crippen LogP contribution in [0.25, 0.3) is 11.0 Å². The van der Waals surface area contributed by atoms with Crippen LogP contribution in [0, 0.1) is 0 Å². The molecule has 116 valence electrons. The fraction of sp³-hybridized carbons (Fsp3) is 0.333. The Bertz CT molecular complexity index is 705. The normalized spacial score (nSPS) is 12.0. The lowest BCUT2D eigenvalue weighted by Crippen LogP contribution is -2.31. The minimum atomic E-state index is -0.558. The molecule has 0 aliphatic heterocycles. The van der Waals surface area contributed by atoms with E-state index in [1.54, 1.807) is 18.3 Å². The molecule has 1 atom stereocenters. The quantitative estimate of drug-likeness (QED) is 0.501. The molecule has 0 aliphatic carbocycles. The molecule has 2 aromatic rings. The van der Waals surface area contributed by atoms with E-state index in [1.165, 1.54) is 7.11 Å². The van der Waals surface area contributed by atoms with Crippen molar-refractivity contribution in [3.05, 3.63) is 35.8 Å². The zero-order valence-corrected chi connectivity index (χ0v) is 13.2. The highest BCUT2D eigenvalue weighted by Gasteiger charge is 2.21. The third-order valence-corrected chi connectivity index (χ3v) is 3.25. The van der Waals surface area contributed by atoms with Gasteiger partial charge < -0.3 is 10.1 Å². The van der Waals surface area contributed by atoms with E-state index in [2.05, 4.69) is 26.8 Å². The maximum Gasteiger partial charge on any atom is 0.328 e. The van der Waals surface area contributed by atoms with Gasteiger partial charge in [-0.25, -0.2) is 9.78 Å². The van der Waals surface area contributed by atoms with Crippen LogP contribution in [-0.2, 0) is 9.53 Å². The molecule has 0 bridgehead atoms. The fourth-order valence-corrected chi connectivity index (χ4v) is 2.16. The van der Waals surface area contributed by atoms with Gasteiger partial charge in [-0.05, 0) is 43.5 Å². The van der Waals surface area contributed by atoms with Crippen LogP contribution in [0.15, 0.2) is 30.5 Å². The molecule has 0 spiro atoms. The second kappa shape index (κ2) is 7.17. The highest BCUT2D eigenvalue weighted by atomic mass is 35.5. The van der Waals surface area contributed by atoms with E-state index in [9.17, 15) is 4.79 Å². The van der Waals surface area contributed by atoms with Crippen LogP contribution in [0.2, 0.25) is 5.28 Å². The average molecular weight is 321 g/mol. The van der Waals surface area contributed by atoms with Crippen molar-refractivity contribution in [2.24, 2.45) is 0 Å². The van der Waals surface area contributed by atoms with E-state index in [1.807, 2.05) is 6.92 Å². The van der Waals surface area contributed by atoms with Crippen LogP contribution in [0.4, 0.5) is 5.82 Å². The number of carbonyl (C=O) groups is 1. The van der Waals surface area contributed by atoms with Gasteiger partial charge in [0.05, 0.1) is 12.6 Å². The van der Waals surface area contributed by atoms with E-state index in [4.69, 9.17) is 16.3 Å². The molecular formula is C15H17ClN4O2. The number of nitrogens with one attached hydrogen (secondary N) is 1. The van der Waals surface area contributed by atoms with Crippen molar-refractivity contribution in [2.75, 3.05) is 12.4 Å². The number of allylic oxidation sites excluding steroid dienone is 1. The molecule has 7 heteroatoms. The molecular weight excluding hydrogens is 304 g/mol. The second-order valence-corrected chi connectivity index (χ2v) is 5.27. The molecule has 0 radical (unpaired) electrons. The Kier molecular flexibility index (Phi) is 5.27. The average Bonchev–Trinajstić information content (AvgIpc) is 2.50. The van der Waals surface area contributed by atoms with Gasteiger partial charge in [-0.3, -0.25) is 4.98 Å². The van der Waals surface area contributed by atoms with Gasteiger partial charge in [0.25, 0.3) is 0 Å². The lowest BCUT2D eigenvalue weighted by atomic mass is 10.1. The predicted octanol–water partition coefficient (Wildman–Crippen LogP) is 2.99. The molecule has 0 fully saturated rings. The number of carbonyl (C=O) groups excluding carboxylic acids is 1. The van der Waals surface area contributed by atoms with Gasteiger partial charge in [-0.2, -0.15) is 4.98 Å². The van der Waals surface area contributed by atoms with E-state index in [0.717, 1.165) is 5.57 Å². The van der Waals surface area contributed by atoms with E-state index >= 15 is 0 Å². The maximum atomic E-state index is 11.9. The van der Waals surface area contributed by atoms with Crippen LogP contribution in [0.5, 0.6) is 0 Å². The fourth-order valence-electron chi connectivity index (χ4n) is 1.99. The van der Waals surface area contributed by atoms with Crippen molar-refractivity contribution in [1.29, 1.82) is 0 Å². The molecule has 2 heterocycles. The largest absolute Gasteiger partial charge is 0.467 e. The third kappa shape index (κ3) is 3.92. The molecule has 0 aromatic carbocycles. The first kappa shape index (κ1) is 16.2. The molecule has 2 rings (SSSR count). The van der Waals surface area contributed by atoms with Crippen LogP contribution in [0.1, 0.15) is 19.8 Å². The Morgan fingerprint density at radius 2 is 2.27 bits per heavy atom. The van der Waals surface area contributed by atoms with Gasteiger partial charge in [0.15, 0.2) is 5.82 Å². The van der Waals surface area contributed by atoms with Crippen molar-refractivity contribution in [3.63, 3.8) is 0 Å². The minimum absolute atomic E-state index is 0.0894. The van der Waals surface area contributed by atoms with Crippen molar-refractivity contribution in [3.8, 4) is 0 Å². The Morgan fingerprint density at radius 3 is 2.95 bits per heavy atom. The van der Waals surface area contributed by atoms with Gasteiger partial charge in [0.1, 0.15) is 11.6 Å². The van der Waals surface area contributed by atoms with Gasteiger partial charge in [-0.15, -0.1) is 6.58 Å². The van der Waals surface area contributed by atoms with E-state index in [0.29, 0.717) is 29.7 Å². The van der Waals surface area contributed by atoms with Gasteiger partial charge in [0.2, 0.25) is 5.28 Å². The number of methoxy groups -OCH3 is 1. The number of hydrogen-bond donors (Lipinski definition) is 1. The van der Waals surface area contributed by atoms with Crippen LogP contribution < -0.4 is 5.32 Å². The summed E-state index contributed by atoms with van der Waals surface area (Å²) >= 11 is 5.93. The SMILES string of the molecule is C=C(C)CCC(Nc1nc(Cl)nc2cccnc12)C(=O)OC. The van der Waals surface area contributed by atoms with E-state index < -0.39 is 6.04 Å². The Balaban J connectivity index is 2.32. The minimum Gasteiger partial charge on any atom is -0.467 e. The number of esters is 1. The van der Waals surface area contributed by atoms with Crippen LogP contribution >= 0.6 is 11.6 Å². The number of ether oxygens (including phenoxy) is 1. The number of pyridine rings is 1. The standard InChI is InChI=1S/C15H17ClN4O2/c1-9(2)6-7-11(14(21)22-3)18-13-12-10(5-4-8-17-12)19-15(16)20-13/h4-5,8,11H,1,6-7H2,2-3H3,(H,18,19,20). The lowest BCUT2D eigenvalue weighted by molar-refractivity contribution is -0.141. The second-order valence-electron chi connectivity index (χ2n) is 4.93. The molecule has 0 amide bonds. The molecule has 0 aliphatic rings. The molecule has 1 N–H and O–H groups in total. The monoisotopic (exact) mass is 320 g/mol. The van der Waals surface area contributed by atoms with Crippen LogP contribution in [-0.4, -0.2) is 34.1 Å². The summed E-state index contributed by atoms with van der Waals surface area (Å²) in [6.07, 6.45) is 2.86. The van der Waals surface area contributed by atoms with Gasteiger partial charge >= 0.3 is 5.97 Å². The maximum absolute atomic E-state index is 11.9. The molecule has 0 saturated carbocycles. The summed E-state index contributed by atoms with van der Waals surface area (Å²) in [4.78, 5) is 24.4. The molecule has 1 unspecified atom stereocenters. The number of aromatic nitrogens is 3. The van der Waals surface area contributed by atoms with Gasteiger partial charge in [-0.1, -0.05) is 5.57 Å². The summed E-state index contributed by atoms with van der Waals surface area (Å²) in [7, 11) is 1.35. The first-order valence-corrected chi connectivity index (χ1v) is 7.16. The number of fused-ring (bicyclic) bond motifs is 1. The lowest BCUT2D eigenvalue weighted by Gasteiger charge is -2.17. The third-order valence-electron chi connectivity index (χ3n) is 3.08. The van der Waals surface area contributed by atoms with E-state index in [-0.39, 0.29) is 11.3 Å². The zero-order valence-electron chi connectivity index (χ0n) is 12.5. The molecule has 6 nitrogen and oxygen atoms in total. The molecule has 2 aromatic heterocycles. The molecule has 0 saturated heterocycles. The Hall–Kier alpha value is -2.21. The highest BCUT2D eigenvalue weighted by Crippen LogP contribution is 2.21. The van der Waals surface area contributed by atoms with Gasteiger partial charge in [0, 0.05) is 6.20 Å². The predicted molar refractivity (Wildman–Crippen MR) is 85.8 cm³/mol. The number of anilines is 1. The summed E-state index contributed by atoms with van der Waals surface area (Å²) in [5.74, 6) is 0.0350. The van der Waals surface area contributed by atoms with Crippen molar-refractivity contribution in [2.45, 2.75) is 25.8 Å². The Morgan fingerprint density at radius 1 is 1.50 bits per heavy atom. The summed E-state index contributed by atoms with van der Waals surface area (Å²) in [6, 6.07) is 2.98. The topological polar surface area (TPSA) is 77.0 Å². The summed E-state index contributed by atoms with van der Waals surface area (Å²) in [6.45, 7) is 5.75. The van der Waals surface area contributed by atoms with Crippen molar-refractivity contribution < 1.29 is 9.53 Å². The Labute approximate surface area is 133 Å². The number of hydrogen-bond acceptors (Lipinski definition) is 6. The van der Waals surface area contributed by atoms with Crippen LogP contribution in [0.3, 0.4) is 0 Å². The first-order valence-electron chi connectivity index (χ1n) is 6.78. The van der Waals surface area contributed by atoms with Crippen molar-refractivity contribution in [1.82, 2.24) is 15.0 Å². The smallest absolute Gasteiger partial charge is 0.328 e. The number of rotatable bonds is 6. The number of nitrogens with zero attached hydrogens (tertiary/aromatic N) is 3. The summed E-state index contributed by atoms with van der Waals surface area (Å²) in [5, 5.41) is 3.14. The van der Waals surface area contributed by atoms with Crippen molar-refractivity contribution >= 4 is 34.4 Å². The summed E-state index contributed by atoms with van der Waals surface area (Å²) in [5.41, 5.74) is 2.14. The molecule has 22 heavy (non-hydrogen) atoms. The summed E-state index contributed by atoms with van der Waals surface area (Å²) < 4.78 is 4.83. The first-order chi connectivity index (χ1) is 10.5. The number of halogens is 1. The zero-order chi connectivity index (χ0) is 16.1.